The average molecular weight is 345 g/mol. The number of carbonyl (C=O) groups excluding carboxylic acids is 2. The Labute approximate surface area is 143 Å². The van der Waals surface area contributed by atoms with Crippen LogP contribution in [0.25, 0.3) is 0 Å². The molecular weight excluding hydrogens is 329 g/mol. The summed E-state index contributed by atoms with van der Waals surface area (Å²) in [7, 11) is 0. The molecule has 1 atom stereocenters. The summed E-state index contributed by atoms with van der Waals surface area (Å²) < 4.78 is 28.8. The van der Waals surface area contributed by atoms with Crippen molar-refractivity contribution < 1.29 is 28.2 Å². The van der Waals surface area contributed by atoms with Gasteiger partial charge in [0.2, 0.25) is 0 Å². The number of halogens is 1. The lowest BCUT2D eigenvalue weighted by atomic mass is 10.2. The van der Waals surface area contributed by atoms with Gasteiger partial charge in [-0.05, 0) is 43.3 Å². The van der Waals surface area contributed by atoms with Crippen molar-refractivity contribution in [2.24, 2.45) is 0 Å². The number of rotatable bonds is 4. The number of ether oxygens (including phenoxy) is 3. The number of anilines is 1. The molecule has 1 aliphatic rings. The predicted octanol–water partition coefficient (Wildman–Crippen LogP) is 2.78. The van der Waals surface area contributed by atoms with Gasteiger partial charge in [0.05, 0.1) is 5.56 Å². The van der Waals surface area contributed by atoms with Crippen LogP contribution in [0, 0.1) is 5.82 Å². The molecule has 6 nitrogen and oxygen atoms in total. The first-order valence-electron chi connectivity index (χ1n) is 7.70. The van der Waals surface area contributed by atoms with E-state index >= 15 is 0 Å². The first-order valence-corrected chi connectivity index (χ1v) is 7.70. The summed E-state index contributed by atoms with van der Waals surface area (Å²) >= 11 is 0. The van der Waals surface area contributed by atoms with Crippen molar-refractivity contribution in [3.8, 4) is 11.5 Å². The Morgan fingerprint density at radius 1 is 1.08 bits per heavy atom. The Morgan fingerprint density at radius 3 is 2.48 bits per heavy atom. The van der Waals surface area contributed by atoms with E-state index in [-0.39, 0.29) is 5.56 Å². The second kappa shape index (κ2) is 7.21. The Kier molecular flexibility index (Phi) is 4.83. The molecule has 1 heterocycles. The van der Waals surface area contributed by atoms with Crippen LogP contribution in [0.3, 0.4) is 0 Å². The van der Waals surface area contributed by atoms with Crippen LogP contribution in [0.1, 0.15) is 17.3 Å². The van der Waals surface area contributed by atoms with E-state index in [1.165, 1.54) is 19.1 Å². The van der Waals surface area contributed by atoms with Gasteiger partial charge >= 0.3 is 5.97 Å². The van der Waals surface area contributed by atoms with E-state index in [9.17, 15) is 14.0 Å². The van der Waals surface area contributed by atoms with E-state index in [4.69, 9.17) is 14.2 Å². The van der Waals surface area contributed by atoms with E-state index < -0.39 is 23.8 Å². The molecule has 0 aromatic heterocycles. The van der Waals surface area contributed by atoms with Crippen LogP contribution in [0.4, 0.5) is 10.1 Å². The molecule has 2 aromatic carbocycles. The van der Waals surface area contributed by atoms with Crippen molar-refractivity contribution in [3.05, 3.63) is 53.8 Å². The van der Waals surface area contributed by atoms with Gasteiger partial charge in [0.25, 0.3) is 5.91 Å². The molecule has 0 fully saturated rings. The standard InChI is InChI=1S/C18H16FNO5/c1-11(25-18(22)12-2-4-13(19)5-3-12)17(21)20-14-6-7-15-16(10-14)24-9-8-23-15/h2-7,10-11H,8-9H2,1H3,(H,20,21)/t11-/m0/s1. The summed E-state index contributed by atoms with van der Waals surface area (Å²) in [6, 6.07) is 9.89. The SMILES string of the molecule is C[C@H](OC(=O)c1ccc(F)cc1)C(=O)Nc1ccc2c(c1)OCCO2. The van der Waals surface area contributed by atoms with E-state index in [0.717, 1.165) is 12.1 Å². The zero-order valence-electron chi connectivity index (χ0n) is 13.5. The molecular formula is C18H16FNO5. The molecule has 0 bridgehead atoms. The summed E-state index contributed by atoms with van der Waals surface area (Å²) in [4.78, 5) is 24.1. The second-order valence-electron chi connectivity index (χ2n) is 5.40. The molecule has 0 saturated carbocycles. The first kappa shape index (κ1) is 16.8. The van der Waals surface area contributed by atoms with Crippen molar-refractivity contribution in [3.63, 3.8) is 0 Å². The number of fused-ring (bicyclic) bond motifs is 1. The van der Waals surface area contributed by atoms with Gasteiger partial charge in [0.1, 0.15) is 19.0 Å². The summed E-state index contributed by atoms with van der Waals surface area (Å²) in [5.74, 6) is -0.502. The van der Waals surface area contributed by atoms with Gasteiger partial charge in [-0.3, -0.25) is 4.79 Å². The van der Waals surface area contributed by atoms with Crippen molar-refractivity contribution >= 4 is 17.6 Å². The highest BCUT2D eigenvalue weighted by atomic mass is 19.1. The predicted molar refractivity (Wildman–Crippen MR) is 87.3 cm³/mol. The summed E-state index contributed by atoms with van der Waals surface area (Å²) in [6.45, 7) is 2.37. The molecule has 1 amide bonds. The number of hydrogen-bond acceptors (Lipinski definition) is 5. The molecule has 0 saturated heterocycles. The van der Waals surface area contributed by atoms with Gasteiger partial charge in [-0.25, -0.2) is 9.18 Å². The highest BCUT2D eigenvalue weighted by molar-refractivity contribution is 5.97. The third-order valence-electron chi connectivity index (χ3n) is 3.54. The Bertz CT molecular complexity index is 791. The zero-order chi connectivity index (χ0) is 17.8. The molecule has 3 rings (SSSR count). The van der Waals surface area contributed by atoms with Crippen LogP contribution >= 0.6 is 0 Å². The second-order valence-corrected chi connectivity index (χ2v) is 5.40. The molecule has 0 radical (unpaired) electrons. The third-order valence-corrected chi connectivity index (χ3v) is 3.54. The molecule has 0 unspecified atom stereocenters. The van der Waals surface area contributed by atoms with Crippen LogP contribution in [0.2, 0.25) is 0 Å². The largest absolute Gasteiger partial charge is 0.486 e. The lowest BCUT2D eigenvalue weighted by Crippen LogP contribution is -2.30. The monoisotopic (exact) mass is 345 g/mol. The van der Waals surface area contributed by atoms with Gasteiger partial charge in [0, 0.05) is 11.8 Å². The molecule has 130 valence electrons. The van der Waals surface area contributed by atoms with Gasteiger partial charge in [-0.1, -0.05) is 0 Å². The van der Waals surface area contributed by atoms with Gasteiger partial charge < -0.3 is 19.5 Å². The Balaban J connectivity index is 1.60. The smallest absolute Gasteiger partial charge is 0.338 e. The fourth-order valence-corrected chi connectivity index (χ4v) is 2.23. The number of amides is 1. The van der Waals surface area contributed by atoms with Crippen molar-refractivity contribution in [2.75, 3.05) is 18.5 Å². The van der Waals surface area contributed by atoms with Crippen molar-refractivity contribution in [1.82, 2.24) is 0 Å². The van der Waals surface area contributed by atoms with Crippen LogP contribution in [0.15, 0.2) is 42.5 Å². The number of benzene rings is 2. The van der Waals surface area contributed by atoms with Gasteiger partial charge in [-0.2, -0.15) is 0 Å². The highest BCUT2D eigenvalue weighted by Gasteiger charge is 2.20. The molecule has 2 aromatic rings. The Hall–Kier alpha value is -3.09. The summed E-state index contributed by atoms with van der Waals surface area (Å²) in [5.41, 5.74) is 0.666. The Morgan fingerprint density at radius 2 is 1.76 bits per heavy atom. The average Bonchev–Trinajstić information content (AvgIpc) is 2.62. The topological polar surface area (TPSA) is 73.9 Å². The highest BCUT2D eigenvalue weighted by Crippen LogP contribution is 2.32. The van der Waals surface area contributed by atoms with Crippen LogP contribution in [-0.4, -0.2) is 31.2 Å². The minimum Gasteiger partial charge on any atom is -0.486 e. The minimum atomic E-state index is -1.02. The van der Waals surface area contributed by atoms with Crippen LogP contribution < -0.4 is 14.8 Å². The van der Waals surface area contributed by atoms with Crippen LogP contribution in [-0.2, 0) is 9.53 Å². The maximum Gasteiger partial charge on any atom is 0.338 e. The number of hydrogen-bond donors (Lipinski definition) is 1. The quantitative estimate of drug-likeness (QED) is 0.863. The maximum absolute atomic E-state index is 12.9. The minimum absolute atomic E-state index is 0.167. The van der Waals surface area contributed by atoms with E-state index in [1.807, 2.05) is 0 Å². The van der Waals surface area contributed by atoms with E-state index in [0.29, 0.717) is 30.4 Å². The molecule has 1 N–H and O–H groups in total. The number of esters is 1. The van der Waals surface area contributed by atoms with E-state index in [2.05, 4.69) is 5.32 Å². The summed E-state index contributed by atoms with van der Waals surface area (Å²) in [6.07, 6.45) is -1.02. The molecule has 0 aliphatic carbocycles. The molecule has 1 aliphatic heterocycles. The maximum atomic E-state index is 12.9. The van der Waals surface area contributed by atoms with E-state index in [1.54, 1.807) is 18.2 Å². The first-order chi connectivity index (χ1) is 12.0. The lowest BCUT2D eigenvalue weighted by Gasteiger charge is -2.19. The normalized spacial score (nSPS) is 13.7. The molecule has 0 spiro atoms. The van der Waals surface area contributed by atoms with Crippen molar-refractivity contribution in [2.45, 2.75) is 13.0 Å². The lowest BCUT2D eigenvalue weighted by molar-refractivity contribution is -0.123. The van der Waals surface area contributed by atoms with Crippen molar-refractivity contribution in [1.29, 1.82) is 0 Å². The zero-order valence-corrected chi connectivity index (χ0v) is 13.5. The van der Waals surface area contributed by atoms with Gasteiger partial charge in [0.15, 0.2) is 17.6 Å². The fraction of sp³-hybridized carbons (Fsp3) is 0.222. The molecule has 25 heavy (non-hydrogen) atoms. The fourth-order valence-electron chi connectivity index (χ4n) is 2.23. The molecule has 7 heteroatoms. The van der Waals surface area contributed by atoms with Crippen LogP contribution in [0.5, 0.6) is 11.5 Å². The number of nitrogens with one attached hydrogen (secondary N) is 1. The third kappa shape index (κ3) is 4.06. The summed E-state index contributed by atoms with van der Waals surface area (Å²) in [5, 5.41) is 2.65. The number of carbonyl (C=O) groups is 2. The van der Waals surface area contributed by atoms with Gasteiger partial charge in [-0.15, -0.1) is 0 Å².